The Morgan fingerprint density at radius 2 is 2.42 bits per heavy atom. The molecule has 0 aliphatic carbocycles. The highest BCUT2D eigenvalue weighted by atomic mass is 79.9. The number of hydrogen-bond donors (Lipinski definition) is 1. The first-order valence-electron chi connectivity index (χ1n) is 3.01. The number of oxazole rings is 1. The van der Waals surface area contributed by atoms with Crippen LogP contribution in [0.4, 0.5) is 0 Å². The van der Waals surface area contributed by atoms with Crippen LogP contribution in [0.2, 0.25) is 5.15 Å². The van der Waals surface area contributed by atoms with Crippen LogP contribution < -0.4 is 5.76 Å². The van der Waals surface area contributed by atoms with Crippen molar-refractivity contribution in [3.63, 3.8) is 0 Å². The molecule has 62 valence electrons. The van der Waals surface area contributed by atoms with Crippen LogP contribution in [0.15, 0.2) is 19.8 Å². The standard InChI is InChI=1S/C6H2BrClN2O2/c7-2-1-3-5(9-4(2)8)10-6(11)12-3/h1H,(H,9,10,11). The molecule has 0 saturated heterocycles. The van der Waals surface area contributed by atoms with Gasteiger partial charge in [0.1, 0.15) is 5.15 Å². The average molecular weight is 249 g/mol. The van der Waals surface area contributed by atoms with Gasteiger partial charge in [-0.1, -0.05) is 11.6 Å². The van der Waals surface area contributed by atoms with E-state index in [4.69, 9.17) is 16.0 Å². The van der Waals surface area contributed by atoms with E-state index in [2.05, 4.69) is 25.9 Å². The molecule has 2 aromatic heterocycles. The van der Waals surface area contributed by atoms with Crippen LogP contribution in [0.3, 0.4) is 0 Å². The highest BCUT2D eigenvalue weighted by Gasteiger charge is 2.06. The summed E-state index contributed by atoms with van der Waals surface area (Å²) in [4.78, 5) is 16.9. The Kier molecular flexibility index (Phi) is 1.69. The number of H-pyrrole nitrogens is 1. The first kappa shape index (κ1) is 7.82. The van der Waals surface area contributed by atoms with Gasteiger partial charge in [0.25, 0.3) is 0 Å². The molecule has 0 atom stereocenters. The third-order valence-electron chi connectivity index (χ3n) is 1.32. The van der Waals surface area contributed by atoms with Crippen molar-refractivity contribution in [2.24, 2.45) is 0 Å². The van der Waals surface area contributed by atoms with E-state index in [1.165, 1.54) is 0 Å². The predicted octanol–water partition coefficient (Wildman–Crippen LogP) is 1.93. The van der Waals surface area contributed by atoms with Crippen LogP contribution in [-0.2, 0) is 0 Å². The molecule has 0 bridgehead atoms. The van der Waals surface area contributed by atoms with Crippen molar-refractivity contribution in [3.8, 4) is 0 Å². The molecule has 0 aliphatic heterocycles. The van der Waals surface area contributed by atoms with Crippen molar-refractivity contribution < 1.29 is 4.42 Å². The molecule has 0 aliphatic rings. The highest BCUT2D eigenvalue weighted by Crippen LogP contribution is 2.23. The van der Waals surface area contributed by atoms with Crippen LogP contribution in [0.5, 0.6) is 0 Å². The summed E-state index contributed by atoms with van der Waals surface area (Å²) in [6, 6.07) is 1.59. The molecule has 0 saturated carbocycles. The lowest BCUT2D eigenvalue weighted by Gasteiger charge is -1.91. The maximum Gasteiger partial charge on any atom is 0.418 e. The fraction of sp³-hybridized carbons (Fsp3) is 0. The SMILES string of the molecule is O=c1[nH]c2nc(Cl)c(Br)cc2o1. The molecule has 2 rings (SSSR count). The topological polar surface area (TPSA) is 58.9 Å². The van der Waals surface area contributed by atoms with Gasteiger partial charge >= 0.3 is 5.76 Å². The minimum Gasteiger partial charge on any atom is -0.406 e. The number of fused-ring (bicyclic) bond motifs is 1. The van der Waals surface area contributed by atoms with Crippen molar-refractivity contribution >= 4 is 38.8 Å². The minimum atomic E-state index is -0.535. The summed E-state index contributed by atoms with van der Waals surface area (Å²) < 4.78 is 5.34. The molecule has 0 unspecified atom stereocenters. The second-order valence-corrected chi connectivity index (χ2v) is 3.33. The number of rotatable bonds is 0. The second kappa shape index (κ2) is 2.60. The van der Waals surface area contributed by atoms with Gasteiger partial charge in [-0.25, -0.2) is 9.78 Å². The number of hydrogen-bond acceptors (Lipinski definition) is 3. The van der Waals surface area contributed by atoms with E-state index in [0.29, 0.717) is 20.9 Å². The minimum absolute atomic E-state index is 0.291. The Balaban J connectivity index is 2.92. The quantitative estimate of drug-likeness (QED) is 0.726. The Bertz CT molecular complexity index is 448. The molecule has 0 radical (unpaired) electrons. The van der Waals surface area contributed by atoms with Gasteiger partial charge in [-0.05, 0) is 15.9 Å². The summed E-state index contributed by atoms with van der Waals surface area (Å²) in [5, 5.41) is 0.291. The third kappa shape index (κ3) is 1.15. The average Bonchev–Trinajstić information content (AvgIpc) is 2.30. The van der Waals surface area contributed by atoms with E-state index in [0.717, 1.165) is 0 Å². The summed E-state index contributed by atoms with van der Waals surface area (Å²) in [7, 11) is 0. The van der Waals surface area contributed by atoms with Crippen LogP contribution in [-0.4, -0.2) is 9.97 Å². The summed E-state index contributed by atoms with van der Waals surface area (Å²) in [5.74, 6) is -0.535. The fourth-order valence-electron chi connectivity index (χ4n) is 0.839. The van der Waals surface area contributed by atoms with Crippen molar-refractivity contribution in [1.82, 2.24) is 9.97 Å². The fourth-order valence-corrected chi connectivity index (χ4v) is 1.27. The Hall–Kier alpha value is -0.810. The summed E-state index contributed by atoms with van der Waals surface area (Å²) in [6.07, 6.45) is 0. The maximum absolute atomic E-state index is 10.7. The first-order valence-corrected chi connectivity index (χ1v) is 4.19. The van der Waals surface area contributed by atoms with Crippen LogP contribution in [0.25, 0.3) is 11.2 Å². The molecule has 0 fully saturated rings. The number of nitrogens with one attached hydrogen (secondary N) is 1. The first-order chi connectivity index (χ1) is 5.66. The molecule has 2 heterocycles. The lowest BCUT2D eigenvalue weighted by molar-refractivity contribution is 0.555. The van der Waals surface area contributed by atoms with Gasteiger partial charge in [-0.2, -0.15) is 0 Å². The Labute approximate surface area is 79.7 Å². The molecular weight excluding hydrogens is 247 g/mol. The van der Waals surface area contributed by atoms with Gasteiger partial charge in [0.15, 0.2) is 11.2 Å². The summed E-state index contributed by atoms with van der Waals surface area (Å²) in [6.45, 7) is 0. The molecule has 6 heteroatoms. The van der Waals surface area contributed by atoms with E-state index in [1.807, 2.05) is 0 Å². The van der Waals surface area contributed by atoms with Gasteiger partial charge in [-0.15, -0.1) is 0 Å². The van der Waals surface area contributed by atoms with Crippen molar-refractivity contribution in [2.45, 2.75) is 0 Å². The molecule has 12 heavy (non-hydrogen) atoms. The van der Waals surface area contributed by atoms with Gasteiger partial charge in [0, 0.05) is 6.07 Å². The molecule has 1 N–H and O–H groups in total. The Morgan fingerprint density at radius 3 is 3.17 bits per heavy atom. The number of halogens is 2. The van der Waals surface area contributed by atoms with Crippen molar-refractivity contribution in [2.75, 3.05) is 0 Å². The van der Waals surface area contributed by atoms with Gasteiger partial charge in [0.05, 0.1) is 4.47 Å². The van der Waals surface area contributed by atoms with E-state index >= 15 is 0 Å². The van der Waals surface area contributed by atoms with E-state index in [1.54, 1.807) is 6.07 Å². The number of aromatic nitrogens is 2. The largest absolute Gasteiger partial charge is 0.418 e. The van der Waals surface area contributed by atoms with Crippen LogP contribution in [0, 0.1) is 0 Å². The van der Waals surface area contributed by atoms with Crippen molar-refractivity contribution in [1.29, 1.82) is 0 Å². The zero-order valence-corrected chi connectivity index (χ0v) is 7.94. The highest BCUT2D eigenvalue weighted by molar-refractivity contribution is 9.10. The number of nitrogens with zero attached hydrogens (tertiary/aromatic N) is 1. The third-order valence-corrected chi connectivity index (χ3v) is 2.44. The lowest BCUT2D eigenvalue weighted by Crippen LogP contribution is -1.93. The Morgan fingerprint density at radius 1 is 1.67 bits per heavy atom. The molecule has 0 amide bonds. The van der Waals surface area contributed by atoms with Gasteiger partial charge in [0.2, 0.25) is 0 Å². The normalized spacial score (nSPS) is 10.8. The molecule has 4 nitrogen and oxygen atoms in total. The van der Waals surface area contributed by atoms with Crippen LogP contribution >= 0.6 is 27.5 Å². The molecule has 0 aromatic carbocycles. The monoisotopic (exact) mass is 248 g/mol. The van der Waals surface area contributed by atoms with Gasteiger partial charge < -0.3 is 4.42 Å². The van der Waals surface area contributed by atoms with Crippen LogP contribution in [0.1, 0.15) is 0 Å². The summed E-state index contributed by atoms with van der Waals surface area (Å²) >= 11 is 8.83. The zero-order valence-electron chi connectivity index (χ0n) is 5.60. The van der Waals surface area contributed by atoms with Crippen molar-refractivity contribution in [3.05, 3.63) is 26.2 Å². The zero-order chi connectivity index (χ0) is 8.72. The van der Waals surface area contributed by atoms with Gasteiger partial charge in [-0.3, -0.25) is 4.98 Å². The smallest absolute Gasteiger partial charge is 0.406 e. The number of aromatic amines is 1. The molecule has 0 spiro atoms. The van der Waals surface area contributed by atoms with E-state index in [9.17, 15) is 4.79 Å². The molecule has 2 aromatic rings. The van der Waals surface area contributed by atoms with E-state index < -0.39 is 5.76 Å². The second-order valence-electron chi connectivity index (χ2n) is 2.12. The lowest BCUT2D eigenvalue weighted by atomic mass is 10.5. The number of pyridine rings is 1. The predicted molar refractivity (Wildman–Crippen MR) is 47.3 cm³/mol. The molecular formula is C6H2BrClN2O2. The summed E-state index contributed by atoms with van der Waals surface area (Å²) in [5.41, 5.74) is 0.740. The van der Waals surface area contributed by atoms with E-state index in [-0.39, 0.29) is 0 Å². The maximum atomic E-state index is 10.7.